The average molecular weight is 318 g/mol. The number of likely N-dealkylation sites (N-methyl/N-ethyl adjacent to an activating group) is 1. The van der Waals surface area contributed by atoms with Crippen LogP contribution in [-0.2, 0) is 16.1 Å². The van der Waals surface area contributed by atoms with Gasteiger partial charge in [0.2, 0.25) is 0 Å². The second-order valence-electron chi connectivity index (χ2n) is 5.94. The molecule has 1 heterocycles. The molecule has 0 atom stereocenters. The molecule has 1 aromatic carbocycles. The standard InChI is InChI=1S/C18H26N2O3/c1-19(2)10-11-22-12-13-23-18-7-5-16(6-8-18)14-20-9-3-4-17(21)15-20/h3,5-9H,4,10-15H2,1-2H3. The van der Waals surface area contributed by atoms with E-state index in [0.29, 0.717) is 26.2 Å². The van der Waals surface area contributed by atoms with Crippen LogP contribution in [-0.4, -0.2) is 62.6 Å². The molecule has 0 unspecified atom stereocenters. The van der Waals surface area contributed by atoms with Gasteiger partial charge in [-0.3, -0.25) is 4.79 Å². The summed E-state index contributed by atoms with van der Waals surface area (Å²) in [4.78, 5) is 15.5. The van der Waals surface area contributed by atoms with Crippen molar-refractivity contribution in [3.05, 3.63) is 42.1 Å². The van der Waals surface area contributed by atoms with Crippen molar-refractivity contribution in [2.75, 3.05) is 47.0 Å². The number of benzene rings is 1. The summed E-state index contributed by atoms with van der Waals surface area (Å²) in [7, 11) is 4.05. The Bertz CT molecular complexity index is 512. The van der Waals surface area contributed by atoms with Gasteiger partial charge in [0.05, 0.1) is 19.8 Å². The molecule has 0 amide bonds. The van der Waals surface area contributed by atoms with Crippen LogP contribution in [0.1, 0.15) is 12.0 Å². The van der Waals surface area contributed by atoms with E-state index in [1.54, 1.807) is 0 Å². The molecular formula is C18H26N2O3. The van der Waals surface area contributed by atoms with Gasteiger partial charge in [0.1, 0.15) is 12.4 Å². The Morgan fingerprint density at radius 3 is 2.61 bits per heavy atom. The molecule has 5 heteroatoms. The minimum Gasteiger partial charge on any atom is -0.491 e. The monoisotopic (exact) mass is 318 g/mol. The highest BCUT2D eigenvalue weighted by atomic mass is 16.5. The van der Waals surface area contributed by atoms with E-state index < -0.39 is 0 Å². The number of Topliss-reactive ketones (excluding diaryl/α,β-unsaturated/α-hetero) is 1. The van der Waals surface area contributed by atoms with Gasteiger partial charge in [-0.2, -0.15) is 0 Å². The molecule has 0 spiro atoms. The van der Waals surface area contributed by atoms with E-state index in [2.05, 4.69) is 4.90 Å². The van der Waals surface area contributed by atoms with Crippen LogP contribution in [0.2, 0.25) is 0 Å². The Labute approximate surface area is 138 Å². The number of allylic oxidation sites excluding steroid dienone is 1. The Morgan fingerprint density at radius 2 is 1.91 bits per heavy atom. The van der Waals surface area contributed by atoms with E-state index >= 15 is 0 Å². The van der Waals surface area contributed by atoms with Crippen molar-refractivity contribution >= 4 is 5.78 Å². The van der Waals surface area contributed by atoms with Crippen molar-refractivity contribution < 1.29 is 14.3 Å². The van der Waals surface area contributed by atoms with Crippen molar-refractivity contribution in [2.24, 2.45) is 0 Å². The lowest BCUT2D eigenvalue weighted by molar-refractivity contribution is -0.119. The van der Waals surface area contributed by atoms with E-state index in [9.17, 15) is 4.79 Å². The molecule has 2 rings (SSSR count). The quantitative estimate of drug-likeness (QED) is 0.651. The molecule has 5 nitrogen and oxygen atoms in total. The molecule has 0 aliphatic carbocycles. The van der Waals surface area contributed by atoms with Crippen molar-refractivity contribution in [3.8, 4) is 5.75 Å². The first-order valence-electron chi connectivity index (χ1n) is 8.00. The fraction of sp³-hybridized carbons (Fsp3) is 0.500. The lowest BCUT2D eigenvalue weighted by atomic mass is 10.1. The molecule has 0 saturated heterocycles. The van der Waals surface area contributed by atoms with Crippen molar-refractivity contribution in [1.29, 1.82) is 0 Å². The van der Waals surface area contributed by atoms with Gasteiger partial charge in [-0.25, -0.2) is 0 Å². The van der Waals surface area contributed by atoms with Gasteiger partial charge < -0.3 is 19.3 Å². The highest BCUT2D eigenvalue weighted by Crippen LogP contribution is 2.15. The van der Waals surface area contributed by atoms with Gasteiger partial charge in [-0.05, 0) is 38.0 Å². The lowest BCUT2D eigenvalue weighted by Gasteiger charge is -2.22. The summed E-state index contributed by atoms with van der Waals surface area (Å²) in [6.07, 6.45) is 4.47. The Morgan fingerprint density at radius 1 is 1.13 bits per heavy atom. The molecular weight excluding hydrogens is 292 g/mol. The number of ether oxygens (including phenoxy) is 2. The van der Waals surface area contributed by atoms with Crippen LogP contribution in [0.3, 0.4) is 0 Å². The van der Waals surface area contributed by atoms with E-state index in [0.717, 1.165) is 25.4 Å². The number of hydrogen-bond acceptors (Lipinski definition) is 5. The third kappa shape index (κ3) is 6.84. The molecule has 23 heavy (non-hydrogen) atoms. The fourth-order valence-electron chi connectivity index (χ4n) is 2.28. The summed E-state index contributed by atoms with van der Waals surface area (Å²) >= 11 is 0. The van der Waals surface area contributed by atoms with Crippen LogP contribution >= 0.6 is 0 Å². The summed E-state index contributed by atoms with van der Waals surface area (Å²) in [6.45, 7) is 4.03. The smallest absolute Gasteiger partial charge is 0.155 e. The molecule has 0 saturated carbocycles. The summed E-state index contributed by atoms with van der Waals surface area (Å²) in [6, 6.07) is 8.00. The zero-order valence-corrected chi connectivity index (χ0v) is 14.0. The number of nitrogens with zero attached hydrogens (tertiary/aromatic N) is 2. The van der Waals surface area contributed by atoms with Gasteiger partial charge in [0, 0.05) is 19.5 Å². The van der Waals surface area contributed by atoms with Crippen molar-refractivity contribution in [2.45, 2.75) is 13.0 Å². The minimum absolute atomic E-state index is 0.265. The van der Waals surface area contributed by atoms with Crippen LogP contribution in [0.5, 0.6) is 5.75 Å². The van der Waals surface area contributed by atoms with Crippen LogP contribution in [0, 0.1) is 0 Å². The van der Waals surface area contributed by atoms with Gasteiger partial charge in [0.25, 0.3) is 0 Å². The summed E-state index contributed by atoms with van der Waals surface area (Å²) in [5, 5.41) is 0. The Balaban J connectivity index is 1.67. The first-order valence-corrected chi connectivity index (χ1v) is 8.00. The number of rotatable bonds is 9. The number of carbonyl (C=O) groups excluding carboxylic acids is 1. The summed E-state index contributed by atoms with van der Waals surface area (Å²) < 4.78 is 11.1. The molecule has 126 valence electrons. The number of ketones is 1. The minimum atomic E-state index is 0.265. The topological polar surface area (TPSA) is 42.0 Å². The van der Waals surface area contributed by atoms with Gasteiger partial charge >= 0.3 is 0 Å². The Hall–Kier alpha value is -1.85. The number of hydrogen-bond donors (Lipinski definition) is 0. The van der Waals surface area contributed by atoms with Gasteiger partial charge in [0.15, 0.2) is 5.78 Å². The fourth-order valence-corrected chi connectivity index (χ4v) is 2.28. The van der Waals surface area contributed by atoms with Crippen LogP contribution < -0.4 is 4.74 Å². The second-order valence-corrected chi connectivity index (χ2v) is 5.94. The molecule has 0 bridgehead atoms. The molecule has 0 fully saturated rings. The van der Waals surface area contributed by atoms with E-state index in [4.69, 9.17) is 9.47 Å². The van der Waals surface area contributed by atoms with Gasteiger partial charge in [-0.1, -0.05) is 18.2 Å². The van der Waals surface area contributed by atoms with Crippen LogP contribution in [0.25, 0.3) is 0 Å². The van der Waals surface area contributed by atoms with Crippen LogP contribution in [0.15, 0.2) is 36.5 Å². The van der Waals surface area contributed by atoms with Crippen molar-refractivity contribution in [1.82, 2.24) is 9.80 Å². The maximum absolute atomic E-state index is 11.4. The Kier molecular flexibility index (Phi) is 7.10. The van der Waals surface area contributed by atoms with E-state index in [-0.39, 0.29) is 5.78 Å². The number of carbonyl (C=O) groups is 1. The maximum Gasteiger partial charge on any atom is 0.155 e. The van der Waals surface area contributed by atoms with E-state index in [1.165, 1.54) is 5.56 Å². The zero-order chi connectivity index (χ0) is 16.5. The van der Waals surface area contributed by atoms with Crippen molar-refractivity contribution in [3.63, 3.8) is 0 Å². The maximum atomic E-state index is 11.4. The molecule has 1 aliphatic heterocycles. The normalized spacial score (nSPS) is 14.6. The first-order chi connectivity index (χ1) is 11.1. The predicted molar refractivity (Wildman–Crippen MR) is 90.5 cm³/mol. The highest BCUT2D eigenvalue weighted by molar-refractivity contribution is 5.82. The SMILES string of the molecule is CN(C)CCOCCOc1ccc(CN2C=CCC(=O)C2)cc1. The lowest BCUT2D eigenvalue weighted by Crippen LogP contribution is -2.27. The summed E-state index contributed by atoms with van der Waals surface area (Å²) in [5.74, 6) is 1.11. The summed E-state index contributed by atoms with van der Waals surface area (Å²) in [5.41, 5.74) is 1.17. The van der Waals surface area contributed by atoms with E-state index in [1.807, 2.05) is 55.5 Å². The predicted octanol–water partition coefficient (Wildman–Crippen LogP) is 1.93. The zero-order valence-electron chi connectivity index (χ0n) is 14.0. The molecule has 0 aromatic heterocycles. The second kappa shape index (κ2) is 9.33. The van der Waals surface area contributed by atoms with Gasteiger partial charge in [-0.15, -0.1) is 0 Å². The average Bonchev–Trinajstić information content (AvgIpc) is 2.52. The highest BCUT2D eigenvalue weighted by Gasteiger charge is 2.11. The first kappa shape index (κ1) is 17.5. The largest absolute Gasteiger partial charge is 0.491 e. The van der Waals surface area contributed by atoms with Crippen LogP contribution in [0.4, 0.5) is 0 Å². The molecule has 1 aliphatic rings. The third-order valence-corrected chi connectivity index (χ3v) is 3.53. The molecule has 1 aromatic rings. The third-order valence-electron chi connectivity index (χ3n) is 3.53. The molecule has 0 N–H and O–H groups in total. The molecule has 0 radical (unpaired) electrons.